The number of benzene rings is 1. The van der Waals surface area contributed by atoms with Crippen LogP contribution >= 0.6 is 0 Å². The number of hydrogen-bond acceptors (Lipinski definition) is 5. The predicted octanol–water partition coefficient (Wildman–Crippen LogP) is 1.64. The molecule has 19 heavy (non-hydrogen) atoms. The van der Waals surface area contributed by atoms with E-state index >= 15 is 0 Å². The summed E-state index contributed by atoms with van der Waals surface area (Å²) in [6.07, 6.45) is 0.643. The van der Waals surface area contributed by atoms with E-state index in [9.17, 15) is 0 Å². The Hall–Kier alpha value is -1.30. The molecule has 0 aliphatic carbocycles. The lowest BCUT2D eigenvalue weighted by atomic mass is 10.1. The van der Waals surface area contributed by atoms with Gasteiger partial charge in [-0.15, -0.1) is 0 Å². The lowest BCUT2D eigenvalue weighted by Crippen LogP contribution is -2.20. The molecule has 106 valence electrons. The first-order valence-electron chi connectivity index (χ1n) is 6.57. The third-order valence-corrected chi connectivity index (χ3v) is 2.93. The van der Waals surface area contributed by atoms with Gasteiger partial charge in [0.05, 0.1) is 18.9 Å². The van der Waals surface area contributed by atoms with Crippen molar-refractivity contribution in [3.8, 4) is 5.75 Å². The predicted molar refractivity (Wildman–Crippen MR) is 74.2 cm³/mol. The average Bonchev–Trinajstić information content (AvgIpc) is 2.41. The number of likely N-dealkylation sites (N-methyl/N-ethyl adjacent to an activating group) is 1. The second kappa shape index (κ2) is 6.75. The fraction of sp³-hybridized carbons (Fsp3) is 0.571. The summed E-state index contributed by atoms with van der Waals surface area (Å²) in [7, 11) is 4.02. The number of nitrogen functional groups attached to an aromatic ring is 1. The van der Waals surface area contributed by atoms with Crippen molar-refractivity contribution in [2.24, 2.45) is 0 Å². The molecule has 2 N–H and O–H groups in total. The molecule has 5 nitrogen and oxygen atoms in total. The fourth-order valence-corrected chi connectivity index (χ4v) is 1.86. The Morgan fingerprint density at radius 1 is 1.32 bits per heavy atom. The van der Waals surface area contributed by atoms with E-state index in [2.05, 4.69) is 4.90 Å². The Morgan fingerprint density at radius 3 is 2.68 bits per heavy atom. The molecule has 0 radical (unpaired) electrons. The summed E-state index contributed by atoms with van der Waals surface area (Å²) in [6.45, 7) is 2.93. The van der Waals surface area contributed by atoms with Crippen molar-refractivity contribution in [2.75, 3.05) is 46.2 Å². The monoisotopic (exact) mass is 266 g/mol. The molecule has 1 aromatic rings. The van der Waals surface area contributed by atoms with Gasteiger partial charge in [0, 0.05) is 12.1 Å². The van der Waals surface area contributed by atoms with Crippen LogP contribution in [0.1, 0.15) is 18.3 Å². The molecule has 1 aromatic carbocycles. The zero-order chi connectivity index (χ0) is 13.7. The first kappa shape index (κ1) is 14.1. The molecule has 2 rings (SSSR count). The van der Waals surface area contributed by atoms with Gasteiger partial charge in [-0.25, -0.2) is 0 Å². The van der Waals surface area contributed by atoms with E-state index < -0.39 is 0 Å². The molecule has 1 aliphatic heterocycles. The van der Waals surface area contributed by atoms with Crippen LogP contribution < -0.4 is 10.5 Å². The Morgan fingerprint density at radius 2 is 2.05 bits per heavy atom. The number of anilines is 1. The standard InChI is InChI=1S/C14H22N2O3/c1-16(2)6-9-17-13-5-4-11(10-12(13)15)14-18-7-3-8-19-14/h4-5,10,14H,3,6-9,15H2,1-2H3. The second-order valence-corrected chi connectivity index (χ2v) is 4.88. The zero-order valence-corrected chi connectivity index (χ0v) is 11.6. The van der Waals surface area contributed by atoms with Crippen molar-refractivity contribution >= 4 is 5.69 Å². The van der Waals surface area contributed by atoms with Gasteiger partial charge in [-0.1, -0.05) is 6.07 Å². The van der Waals surface area contributed by atoms with Crippen LogP contribution in [0.5, 0.6) is 5.75 Å². The number of nitrogens with two attached hydrogens (primary N) is 1. The van der Waals surface area contributed by atoms with E-state index in [1.165, 1.54) is 0 Å². The highest BCUT2D eigenvalue weighted by Gasteiger charge is 2.17. The first-order valence-corrected chi connectivity index (χ1v) is 6.57. The van der Waals surface area contributed by atoms with Gasteiger partial charge in [0.25, 0.3) is 0 Å². The van der Waals surface area contributed by atoms with Crippen LogP contribution in [0.15, 0.2) is 18.2 Å². The molecule has 0 bridgehead atoms. The Bertz CT molecular complexity index is 404. The summed E-state index contributed by atoms with van der Waals surface area (Å²) in [5.74, 6) is 0.710. The molecule has 1 fully saturated rings. The van der Waals surface area contributed by atoms with Crippen LogP contribution in [0.3, 0.4) is 0 Å². The van der Waals surface area contributed by atoms with Gasteiger partial charge in [-0.05, 0) is 32.6 Å². The highest BCUT2D eigenvalue weighted by atomic mass is 16.7. The summed E-state index contributed by atoms with van der Waals surface area (Å²) in [4.78, 5) is 2.06. The van der Waals surface area contributed by atoms with Crippen LogP contribution in [0.2, 0.25) is 0 Å². The van der Waals surface area contributed by atoms with Gasteiger partial charge >= 0.3 is 0 Å². The minimum Gasteiger partial charge on any atom is -0.490 e. The van der Waals surface area contributed by atoms with Crippen molar-refractivity contribution in [1.82, 2.24) is 4.90 Å². The zero-order valence-electron chi connectivity index (χ0n) is 11.6. The Labute approximate surface area is 114 Å². The highest BCUT2D eigenvalue weighted by Crippen LogP contribution is 2.29. The summed E-state index contributed by atoms with van der Waals surface area (Å²) < 4.78 is 16.7. The van der Waals surface area contributed by atoms with Crippen molar-refractivity contribution in [2.45, 2.75) is 12.7 Å². The van der Waals surface area contributed by atoms with Gasteiger partial charge in [0.15, 0.2) is 6.29 Å². The number of ether oxygens (including phenoxy) is 3. The number of nitrogens with zero attached hydrogens (tertiary/aromatic N) is 1. The summed E-state index contributed by atoms with van der Waals surface area (Å²) >= 11 is 0. The lowest BCUT2D eigenvalue weighted by molar-refractivity contribution is -0.183. The molecular formula is C14H22N2O3. The van der Waals surface area contributed by atoms with Crippen LogP contribution in [0.25, 0.3) is 0 Å². The average molecular weight is 266 g/mol. The normalized spacial score (nSPS) is 16.8. The topological polar surface area (TPSA) is 57.0 Å². The second-order valence-electron chi connectivity index (χ2n) is 4.88. The van der Waals surface area contributed by atoms with E-state index in [1.54, 1.807) is 0 Å². The molecule has 0 atom stereocenters. The third kappa shape index (κ3) is 4.09. The molecule has 0 saturated carbocycles. The maximum atomic E-state index is 6.00. The van der Waals surface area contributed by atoms with Crippen molar-refractivity contribution in [3.63, 3.8) is 0 Å². The van der Waals surface area contributed by atoms with Crippen molar-refractivity contribution in [1.29, 1.82) is 0 Å². The molecule has 1 heterocycles. The van der Waals surface area contributed by atoms with Gasteiger partial charge in [0.1, 0.15) is 12.4 Å². The number of hydrogen-bond donors (Lipinski definition) is 1. The maximum Gasteiger partial charge on any atom is 0.183 e. The molecule has 0 spiro atoms. The van der Waals surface area contributed by atoms with Gasteiger partial charge in [0.2, 0.25) is 0 Å². The first-order chi connectivity index (χ1) is 9.16. The molecule has 1 aliphatic rings. The minimum absolute atomic E-state index is 0.299. The quantitative estimate of drug-likeness (QED) is 0.821. The molecule has 0 aromatic heterocycles. The van der Waals surface area contributed by atoms with E-state index in [1.807, 2.05) is 32.3 Å². The van der Waals surface area contributed by atoms with E-state index in [0.29, 0.717) is 18.0 Å². The van der Waals surface area contributed by atoms with Gasteiger partial charge in [-0.2, -0.15) is 0 Å². The molecule has 1 saturated heterocycles. The van der Waals surface area contributed by atoms with Gasteiger partial charge in [-0.3, -0.25) is 0 Å². The SMILES string of the molecule is CN(C)CCOc1ccc(C2OCCCO2)cc1N. The van der Waals surface area contributed by atoms with Crippen molar-refractivity contribution in [3.05, 3.63) is 23.8 Å². The summed E-state index contributed by atoms with van der Waals surface area (Å²) in [5, 5.41) is 0. The van der Waals surface area contributed by atoms with Crippen LogP contribution in [0, 0.1) is 0 Å². The van der Waals surface area contributed by atoms with Crippen molar-refractivity contribution < 1.29 is 14.2 Å². The van der Waals surface area contributed by atoms with Crippen LogP contribution in [0.4, 0.5) is 5.69 Å². The molecular weight excluding hydrogens is 244 g/mol. The Kier molecular flexibility index (Phi) is 5.01. The minimum atomic E-state index is -0.299. The van der Waals surface area contributed by atoms with Crippen LogP contribution in [-0.4, -0.2) is 45.4 Å². The fourth-order valence-electron chi connectivity index (χ4n) is 1.86. The summed E-state index contributed by atoms with van der Waals surface area (Å²) in [6, 6.07) is 5.68. The third-order valence-electron chi connectivity index (χ3n) is 2.93. The highest BCUT2D eigenvalue weighted by molar-refractivity contribution is 5.54. The smallest absolute Gasteiger partial charge is 0.183 e. The van der Waals surface area contributed by atoms with Gasteiger partial charge < -0.3 is 24.8 Å². The lowest BCUT2D eigenvalue weighted by Gasteiger charge is -2.24. The largest absolute Gasteiger partial charge is 0.490 e. The maximum absolute atomic E-state index is 6.00. The molecule has 0 amide bonds. The summed E-state index contributed by atoms with van der Waals surface area (Å²) in [5.41, 5.74) is 7.56. The van der Waals surface area contributed by atoms with Crippen LogP contribution in [-0.2, 0) is 9.47 Å². The molecule has 5 heteroatoms. The van der Waals surface area contributed by atoms with E-state index in [0.717, 1.165) is 31.7 Å². The van der Waals surface area contributed by atoms with E-state index in [-0.39, 0.29) is 6.29 Å². The molecule has 0 unspecified atom stereocenters. The Balaban J connectivity index is 1.96. The number of rotatable bonds is 5. The van der Waals surface area contributed by atoms with E-state index in [4.69, 9.17) is 19.9 Å².